The summed E-state index contributed by atoms with van der Waals surface area (Å²) in [5.41, 5.74) is 0. The van der Waals surface area contributed by atoms with Crippen molar-refractivity contribution in [1.82, 2.24) is 0 Å². The van der Waals surface area contributed by atoms with E-state index in [1.54, 1.807) is 0 Å². The van der Waals surface area contributed by atoms with Crippen molar-refractivity contribution >= 4 is 17.7 Å². The lowest BCUT2D eigenvalue weighted by atomic mass is 10.0. The van der Waals surface area contributed by atoms with E-state index in [0.717, 1.165) is 64.2 Å². The number of ketones is 1. The molecule has 35 heavy (non-hydrogen) atoms. The van der Waals surface area contributed by atoms with Crippen LogP contribution in [0.3, 0.4) is 0 Å². The topological polar surface area (TPSA) is 91.7 Å². The van der Waals surface area contributed by atoms with Crippen molar-refractivity contribution in [2.75, 3.05) is 0 Å². The molecule has 0 amide bonds. The molecule has 0 rings (SSSR count). The van der Waals surface area contributed by atoms with Gasteiger partial charge < -0.3 is 10.2 Å². The van der Waals surface area contributed by atoms with Crippen LogP contribution in [0, 0.1) is 0 Å². The molecule has 0 aliphatic rings. The minimum Gasteiger partial charge on any atom is -0.481 e. The first-order valence-corrected chi connectivity index (χ1v) is 14.9. The van der Waals surface area contributed by atoms with E-state index in [1.807, 2.05) is 0 Å². The predicted octanol–water partition coefficient (Wildman–Crippen LogP) is 9.50. The van der Waals surface area contributed by atoms with Gasteiger partial charge >= 0.3 is 11.9 Å². The molecule has 0 unspecified atom stereocenters. The number of aliphatic carboxylic acids is 2. The number of unbranched alkanes of at least 4 members (excludes halogenated alkanes) is 18. The normalized spacial score (nSPS) is 10.6. The smallest absolute Gasteiger partial charge is 0.303 e. The first kappa shape index (κ1) is 35.8. The number of carboxylic acids is 2. The molecule has 0 heterocycles. The molecule has 0 saturated carbocycles. The van der Waals surface area contributed by atoms with Crippen LogP contribution in [0.2, 0.25) is 0 Å². The van der Waals surface area contributed by atoms with Crippen LogP contribution in [0.15, 0.2) is 0 Å². The Morgan fingerprint density at radius 1 is 0.371 bits per heavy atom. The summed E-state index contributed by atoms with van der Waals surface area (Å²) in [7, 11) is 0. The summed E-state index contributed by atoms with van der Waals surface area (Å²) in [6.07, 6.45) is 26.9. The van der Waals surface area contributed by atoms with Crippen LogP contribution in [-0.2, 0) is 14.4 Å². The standard InChI is InChI=1S/C18H34O3.C12H24O2/c1-2-3-4-11-14-17(19)15-12-9-7-5-6-8-10-13-16-18(20)21;1-2-3-4-5-6-7-8-9-10-11-12(13)14/h2-16H2,1H3,(H,20,21);2-11H2,1H3,(H,13,14). The average molecular weight is 499 g/mol. The maximum absolute atomic E-state index is 11.6. The van der Waals surface area contributed by atoms with Crippen LogP contribution in [0.25, 0.3) is 0 Å². The third kappa shape index (κ3) is 37.3. The number of carbonyl (C=O) groups excluding carboxylic acids is 1. The van der Waals surface area contributed by atoms with Crippen molar-refractivity contribution in [2.24, 2.45) is 0 Å². The second kappa shape index (κ2) is 30.6. The van der Waals surface area contributed by atoms with Gasteiger partial charge in [-0.3, -0.25) is 14.4 Å². The summed E-state index contributed by atoms with van der Waals surface area (Å²) in [6.45, 7) is 4.42. The largest absolute Gasteiger partial charge is 0.481 e. The van der Waals surface area contributed by atoms with Crippen molar-refractivity contribution in [1.29, 1.82) is 0 Å². The Morgan fingerprint density at radius 3 is 0.886 bits per heavy atom. The molecule has 0 radical (unpaired) electrons. The van der Waals surface area contributed by atoms with Crippen LogP contribution in [0.5, 0.6) is 0 Å². The molecular formula is C30H58O5. The van der Waals surface area contributed by atoms with Crippen molar-refractivity contribution in [3.05, 3.63) is 0 Å². The van der Waals surface area contributed by atoms with Gasteiger partial charge in [-0.2, -0.15) is 0 Å². The highest BCUT2D eigenvalue weighted by molar-refractivity contribution is 5.78. The highest BCUT2D eigenvalue weighted by Crippen LogP contribution is 2.12. The maximum atomic E-state index is 11.6. The Labute approximate surface area is 216 Å². The Kier molecular flexibility index (Phi) is 31.3. The monoisotopic (exact) mass is 498 g/mol. The predicted molar refractivity (Wildman–Crippen MR) is 147 cm³/mol. The van der Waals surface area contributed by atoms with E-state index >= 15 is 0 Å². The summed E-state index contributed by atoms with van der Waals surface area (Å²) < 4.78 is 0. The second-order valence-corrected chi connectivity index (χ2v) is 10.0. The molecule has 208 valence electrons. The van der Waals surface area contributed by atoms with Crippen molar-refractivity contribution in [2.45, 2.75) is 174 Å². The lowest BCUT2D eigenvalue weighted by molar-refractivity contribution is -0.138. The summed E-state index contributed by atoms with van der Waals surface area (Å²) in [6, 6.07) is 0. The maximum Gasteiger partial charge on any atom is 0.303 e. The van der Waals surface area contributed by atoms with Gasteiger partial charge in [0.25, 0.3) is 0 Å². The zero-order valence-corrected chi connectivity index (χ0v) is 23.3. The van der Waals surface area contributed by atoms with E-state index in [4.69, 9.17) is 10.2 Å². The van der Waals surface area contributed by atoms with E-state index in [-0.39, 0.29) is 0 Å². The molecule has 0 aliphatic carbocycles. The molecule has 0 aromatic rings. The Morgan fingerprint density at radius 2 is 0.600 bits per heavy atom. The Balaban J connectivity index is 0. The Bertz CT molecular complexity index is 475. The van der Waals surface area contributed by atoms with Gasteiger partial charge in [0.2, 0.25) is 0 Å². The van der Waals surface area contributed by atoms with Crippen LogP contribution >= 0.6 is 0 Å². The molecule has 5 nitrogen and oxygen atoms in total. The number of carboxylic acid groups (broad SMARTS) is 2. The molecule has 0 atom stereocenters. The van der Waals surface area contributed by atoms with E-state index in [9.17, 15) is 14.4 Å². The van der Waals surface area contributed by atoms with Gasteiger partial charge in [0.1, 0.15) is 5.78 Å². The quantitative estimate of drug-likeness (QED) is 0.116. The van der Waals surface area contributed by atoms with Crippen molar-refractivity contribution in [3.63, 3.8) is 0 Å². The van der Waals surface area contributed by atoms with Crippen LogP contribution in [-0.4, -0.2) is 27.9 Å². The number of Topliss-reactive ketones (excluding diaryl/α,β-unsaturated/α-hetero) is 1. The molecule has 0 saturated heterocycles. The van der Waals surface area contributed by atoms with E-state index < -0.39 is 11.9 Å². The van der Waals surface area contributed by atoms with Gasteiger partial charge in [-0.25, -0.2) is 0 Å². The molecule has 0 aromatic heterocycles. The fourth-order valence-corrected chi connectivity index (χ4v) is 4.12. The molecule has 0 fully saturated rings. The van der Waals surface area contributed by atoms with E-state index in [1.165, 1.54) is 83.5 Å². The van der Waals surface area contributed by atoms with Gasteiger partial charge in [-0.15, -0.1) is 0 Å². The number of hydrogen-bond acceptors (Lipinski definition) is 3. The summed E-state index contributed by atoms with van der Waals surface area (Å²) >= 11 is 0. The number of carbonyl (C=O) groups is 3. The summed E-state index contributed by atoms with van der Waals surface area (Å²) in [4.78, 5) is 32.2. The molecule has 0 aliphatic heterocycles. The highest BCUT2D eigenvalue weighted by atomic mass is 16.4. The highest BCUT2D eigenvalue weighted by Gasteiger charge is 2.02. The number of rotatable bonds is 26. The molecule has 0 aromatic carbocycles. The fourth-order valence-electron chi connectivity index (χ4n) is 4.12. The van der Waals surface area contributed by atoms with E-state index in [0.29, 0.717) is 18.6 Å². The minimum absolute atomic E-state index is 0.306. The zero-order chi connectivity index (χ0) is 26.4. The van der Waals surface area contributed by atoms with Gasteiger partial charge in [0.15, 0.2) is 0 Å². The number of hydrogen-bond donors (Lipinski definition) is 2. The van der Waals surface area contributed by atoms with Crippen LogP contribution in [0.4, 0.5) is 0 Å². The lowest BCUT2D eigenvalue weighted by Gasteiger charge is -2.02. The summed E-state index contributed by atoms with van der Waals surface area (Å²) in [5.74, 6) is -0.901. The third-order valence-electron chi connectivity index (χ3n) is 6.40. The average Bonchev–Trinajstić information content (AvgIpc) is 2.82. The molecule has 0 spiro atoms. The third-order valence-corrected chi connectivity index (χ3v) is 6.40. The second-order valence-electron chi connectivity index (χ2n) is 10.0. The molecule has 0 bridgehead atoms. The molecule has 5 heteroatoms. The van der Waals surface area contributed by atoms with Gasteiger partial charge in [0.05, 0.1) is 0 Å². The van der Waals surface area contributed by atoms with Gasteiger partial charge in [0, 0.05) is 25.7 Å². The Hall–Kier alpha value is -1.39. The van der Waals surface area contributed by atoms with E-state index in [2.05, 4.69) is 13.8 Å². The van der Waals surface area contributed by atoms with Crippen molar-refractivity contribution in [3.8, 4) is 0 Å². The zero-order valence-electron chi connectivity index (χ0n) is 23.3. The first-order chi connectivity index (χ1) is 16.9. The SMILES string of the molecule is CCCCCCC(=O)CCCCCCCCCCC(=O)O.CCCCCCCCCCCC(=O)O. The van der Waals surface area contributed by atoms with Crippen LogP contribution < -0.4 is 0 Å². The summed E-state index contributed by atoms with van der Waals surface area (Å²) in [5, 5.41) is 16.9. The minimum atomic E-state index is -0.686. The van der Waals surface area contributed by atoms with Crippen molar-refractivity contribution < 1.29 is 24.6 Å². The van der Waals surface area contributed by atoms with Gasteiger partial charge in [-0.1, -0.05) is 123 Å². The van der Waals surface area contributed by atoms with Crippen LogP contribution in [0.1, 0.15) is 174 Å². The molecular weight excluding hydrogens is 440 g/mol. The van der Waals surface area contributed by atoms with Gasteiger partial charge in [-0.05, 0) is 25.7 Å². The first-order valence-electron chi connectivity index (χ1n) is 14.9. The lowest BCUT2D eigenvalue weighted by Crippen LogP contribution is -1.97. The molecule has 2 N–H and O–H groups in total. The fraction of sp³-hybridized carbons (Fsp3) is 0.900.